The van der Waals surface area contributed by atoms with Gasteiger partial charge in [-0.15, -0.1) is 35.3 Å². The summed E-state index contributed by atoms with van der Waals surface area (Å²) >= 11 is 1.81. The van der Waals surface area contributed by atoms with Gasteiger partial charge < -0.3 is 15.1 Å². The maximum absolute atomic E-state index is 4.46. The summed E-state index contributed by atoms with van der Waals surface area (Å²) < 4.78 is 1.98. The van der Waals surface area contributed by atoms with Crippen LogP contribution in [0.3, 0.4) is 0 Å². The highest BCUT2D eigenvalue weighted by Crippen LogP contribution is 2.22. The van der Waals surface area contributed by atoms with Crippen LogP contribution >= 0.6 is 35.3 Å². The van der Waals surface area contributed by atoms with Gasteiger partial charge in [-0.05, 0) is 29.5 Å². The molecular weight excluding hydrogens is 447 g/mol. The summed E-state index contributed by atoms with van der Waals surface area (Å²) in [5.41, 5.74) is 0. The molecule has 0 bridgehead atoms. The topological polar surface area (TPSA) is 48.7 Å². The molecule has 1 atom stereocenters. The van der Waals surface area contributed by atoms with Gasteiger partial charge in [0.25, 0.3) is 0 Å². The van der Waals surface area contributed by atoms with Crippen molar-refractivity contribution in [3.63, 3.8) is 0 Å². The summed E-state index contributed by atoms with van der Waals surface area (Å²) in [6.07, 6.45) is 3.83. The molecular formula is C17H27IN6S. The summed E-state index contributed by atoms with van der Waals surface area (Å²) in [4.78, 5) is 9.27. The number of nitrogens with one attached hydrogen (secondary N) is 1. The zero-order chi connectivity index (χ0) is 16.8. The lowest BCUT2D eigenvalue weighted by atomic mass is 10.2. The van der Waals surface area contributed by atoms with E-state index in [1.54, 1.807) is 0 Å². The maximum atomic E-state index is 4.46. The van der Waals surface area contributed by atoms with E-state index in [0.717, 1.165) is 45.2 Å². The molecule has 2 aromatic heterocycles. The standard InChI is InChI=1S/C17H26N6S.HI/c1-15(14-23-7-4-6-20-23)13-19-17(18-2)22-10-8-21(9-11-22)16-5-3-12-24-16;/h3-7,12,15H,8-11,13-14H2,1-2H3,(H,18,19);1H. The Morgan fingerprint density at radius 2 is 2.12 bits per heavy atom. The summed E-state index contributed by atoms with van der Waals surface area (Å²) in [7, 11) is 1.87. The molecule has 1 saturated heterocycles. The zero-order valence-electron chi connectivity index (χ0n) is 14.8. The van der Waals surface area contributed by atoms with Crippen molar-refractivity contribution < 1.29 is 0 Å². The number of anilines is 1. The Labute approximate surface area is 170 Å². The normalized spacial score (nSPS) is 16.5. The van der Waals surface area contributed by atoms with Gasteiger partial charge in [0.15, 0.2) is 5.96 Å². The number of piperazine rings is 1. The minimum Gasteiger partial charge on any atom is -0.360 e. The van der Waals surface area contributed by atoms with Crippen molar-refractivity contribution in [3.8, 4) is 0 Å². The molecule has 3 heterocycles. The molecule has 1 N–H and O–H groups in total. The van der Waals surface area contributed by atoms with Gasteiger partial charge in [-0.2, -0.15) is 5.10 Å². The van der Waals surface area contributed by atoms with Gasteiger partial charge >= 0.3 is 0 Å². The molecule has 0 aliphatic carbocycles. The SMILES string of the molecule is CN=C(NCC(C)Cn1cccn1)N1CCN(c2cccs2)CC1.I. The molecule has 0 amide bonds. The molecule has 1 aliphatic rings. The Hall–Kier alpha value is -1.29. The van der Waals surface area contributed by atoms with Crippen molar-refractivity contribution in [3.05, 3.63) is 36.0 Å². The van der Waals surface area contributed by atoms with Crippen LogP contribution in [0.4, 0.5) is 5.00 Å². The second-order valence-corrected chi connectivity index (χ2v) is 7.11. The first-order valence-corrected chi connectivity index (χ1v) is 9.35. The fourth-order valence-electron chi connectivity index (χ4n) is 2.98. The summed E-state index contributed by atoms with van der Waals surface area (Å²) in [5.74, 6) is 1.50. The summed E-state index contributed by atoms with van der Waals surface area (Å²) in [6.45, 7) is 8.15. The van der Waals surface area contributed by atoms with Gasteiger partial charge in [0.2, 0.25) is 0 Å². The van der Waals surface area contributed by atoms with Crippen LogP contribution < -0.4 is 10.2 Å². The van der Waals surface area contributed by atoms with Gasteiger partial charge in [-0.3, -0.25) is 9.67 Å². The van der Waals surface area contributed by atoms with Crippen LogP contribution in [0, 0.1) is 5.92 Å². The van der Waals surface area contributed by atoms with E-state index in [1.165, 1.54) is 5.00 Å². The van der Waals surface area contributed by atoms with E-state index >= 15 is 0 Å². The Bertz CT molecular complexity index is 620. The molecule has 3 rings (SSSR count). The fourth-order valence-corrected chi connectivity index (χ4v) is 3.76. The number of aromatic nitrogens is 2. The molecule has 0 radical (unpaired) electrons. The highest BCUT2D eigenvalue weighted by atomic mass is 127. The molecule has 6 nitrogen and oxygen atoms in total. The number of halogens is 1. The quantitative estimate of drug-likeness (QED) is 0.411. The minimum absolute atomic E-state index is 0. The second kappa shape index (κ2) is 10.0. The number of hydrogen-bond acceptors (Lipinski definition) is 4. The molecule has 0 aromatic carbocycles. The number of thiophene rings is 1. The average Bonchev–Trinajstić information content (AvgIpc) is 3.29. The average molecular weight is 474 g/mol. The van der Waals surface area contributed by atoms with Gasteiger partial charge in [0, 0.05) is 58.7 Å². The summed E-state index contributed by atoms with van der Waals surface area (Å²) in [5, 5.41) is 11.3. The van der Waals surface area contributed by atoms with E-state index in [9.17, 15) is 0 Å². The molecule has 1 unspecified atom stereocenters. The molecule has 0 spiro atoms. The minimum atomic E-state index is 0. The molecule has 138 valence electrons. The van der Waals surface area contributed by atoms with Crippen molar-refractivity contribution in [2.45, 2.75) is 13.5 Å². The first-order chi connectivity index (χ1) is 11.8. The van der Waals surface area contributed by atoms with Crippen molar-refractivity contribution in [1.29, 1.82) is 0 Å². The van der Waals surface area contributed by atoms with E-state index in [0.29, 0.717) is 5.92 Å². The largest absolute Gasteiger partial charge is 0.360 e. The Kier molecular flexibility index (Phi) is 8.01. The van der Waals surface area contributed by atoms with Crippen molar-refractivity contribution >= 4 is 46.3 Å². The Morgan fingerprint density at radius 1 is 1.32 bits per heavy atom. The van der Waals surface area contributed by atoms with Crippen LogP contribution in [0.2, 0.25) is 0 Å². The highest BCUT2D eigenvalue weighted by molar-refractivity contribution is 14.0. The number of hydrogen-bond donors (Lipinski definition) is 1. The number of guanidine groups is 1. The summed E-state index contributed by atoms with van der Waals surface area (Å²) in [6, 6.07) is 6.28. The lowest BCUT2D eigenvalue weighted by Gasteiger charge is -2.37. The lowest BCUT2D eigenvalue weighted by molar-refractivity contribution is 0.365. The van der Waals surface area contributed by atoms with Crippen LogP contribution in [-0.2, 0) is 6.54 Å². The molecule has 1 aliphatic heterocycles. The molecule has 8 heteroatoms. The van der Waals surface area contributed by atoms with E-state index in [-0.39, 0.29) is 24.0 Å². The van der Waals surface area contributed by atoms with Crippen molar-refractivity contribution in [2.75, 3.05) is 44.7 Å². The predicted molar refractivity (Wildman–Crippen MR) is 116 cm³/mol. The van der Waals surface area contributed by atoms with Crippen LogP contribution in [-0.4, -0.2) is 60.4 Å². The Morgan fingerprint density at radius 3 is 2.72 bits per heavy atom. The second-order valence-electron chi connectivity index (χ2n) is 6.19. The number of nitrogens with zero attached hydrogens (tertiary/aromatic N) is 5. The predicted octanol–water partition coefficient (Wildman–Crippen LogP) is 2.60. The van der Waals surface area contributed by atoms with Crippen LogP contribution in [0.15, 0.2) is 41.0 Å². The molecule has 25 heavy (non-hydrogen) atoms. The monoisotopic (exact) mass is 474 g/mol. The van der Waals surface area contributed by atoms with Gasteiger partial charge in [-0.1, -0.05) is 6.92 Å². The van der Waals surface area contributed by atoms with Crippen molar-refractivity contribution in [2.24, 2.45) is 10.9 Å². The molecule has 0 saturated carbocycles. The maximum Gasteiger partial charge on any atom is 0.193 e. The van der Waals surface area contributed by atoms with Crippen molar-refractivity contribution in [1.82, 2.24) is 20.0 Å². The van der Waals surface area contributed by atoms with Gasteiger partial charge in [-0.25, -0.2) is 0 Å². The number of rotatable bonds is 5. The Balaban J connectivity index is 0.00000225. The van der Waals surface area contributed by atoms with Crippen LogP contribution in [0.1, 0.15) is 6.92 Å². The first kappa shape index (κ1) is 20.0. The van der Waals surface area contributed by atoms with Gasteiger partial charge in [0.05, 0.1) is 5.00 Å². The van der Waals surface area contributed by atoms with Gasteiger partial charge in [0.1, 0.15) is 0 Å². The third-order valence-corrected chi connectivity index (χ3v) is 5.20. The van der Waals surface area contributed by atoms with E-state index < -0.39 is 0 Å². The van der Waals surface area contributed by atoms with E-state index in [4.69, 9.17) is 0 Å². The molecule has 1 fully saturated rings. The third kappa shape index (κ3) is 5.60. The smallest absolute Gasteiger partial charge is 0.193 e. The van der Waals surface area contributed by atoms with E-state index in [1.807, 2.05) is 41.5 Å². The van der Waals surface area contributed by atoms with Crippen LogP contribution in [0.5, 0.6) is 0 Å². The first-order valence-electron chi connectivity index (χ1n) is 8.47. The van der Waals surface area contributed by atoms with E-state index in [2.05, 4.69) is 49.6 Å². The fraction of sp³-hybridized carbons (Fsp3) is 0.529. The highest BCUT2D eigenvalue weighted by Gasteiger charge is 2.20. The zero-order valence-corrected chi connectivity index (χ0v) is 18.0. The molecule has 2 aromatic rings. The van der Waals surface area contributed by atoms with Crippen LogP contribution in [0.25, 0.3) is 0 Å². The number of aliphatic imine (C=N–C) groups is 1. The lowest BCUT2D eigenvalue weighted by Crippen LogP contribution is -2.53. The third-order valence-electron chi connectivity index (χ3n) is 4.28.